The van der Waals surface area contributed by atoms with Crippen molar-refractivity contribution in [2.24, 2.45) is 0 Å². The van der Waals surface area contributed by atoms with Crippen LogP contribution >= 0.6 is 0 Å². The van der Waals surface area contributed by atoms with Gasteiger partial charge in [-0.3, -0.25) is 4.79 Å². The molecule has 1 unspecified atom stereocenters. The zero-order valence-corrected chi connectivity index (χ0v) is 14.4. The third kappa shape index (κ3) is 8.40. The highest BCUT2D eigenvalue weighted by molar-refractivity contribution is 5.93. The maximum absolute atomic E-state index is 11.8. The lowest BCUT2D eigenvalue weighted by molar-refractivity contribution is -0.150. The molecule has 8 nitrogen and oxygen atoms in total. The molecule has 1 heterocycles. The summed E-state index contributed by atoms with van der Waals surface area (Å²) in [6, 6.07) is 0. The smallest absolute Gasteiger partial charge is 0.334 e. The third-order valence-corrected chi connectivity index (χ3v) is 3.39. The molecular weight excluding hydrogens is 312 g/mol. The van der Waals surface area contributed by atoms with Crippen molar-refractivity contribution >= 4 is 11.9 Å². The van der Waals surface area contributed by atoms with Crippen molar-refractivity contribution in [3.8, 4) is 0 Å². The minimum absolute atomic E-state index is 0.0753. The molecule has 24 heavy (non-hydrogen) atoms. The maximum Gasteiger partial charge on any atom is 0.334 e. The van der Waals surface area contributed by atoms with E-state index in [0.29, 0.717) is 12.2 Å². The van der Waals surface area contributed by atoms with Crippen molar-refractivity contribution in [1.29, 1.82) is 0 Å². The van der Waals surface area contributed by atoms with E-state index >= 15 is 0 Å². The van der Waals surface area contributed by atoms with E-state index in [9.17, 15) is 9.59 Å². The summed E-state index contributed by atoms with van der Waals surface area (Å²) in [5.41, 5.74) is 0.0753. The van der Waals surface area contributed by atoms with Crippen molar-refractivity contribution in [3.05, 3.63) is 18.0 Å². The van der Waals surface area contributed by atoms with Crippen molar-refractivity contribution < 1.29 is 19.1 Å². The summed E-state index contributed by atoms with van der Waals surface area (Å²) in [7, 11) is 0. The molecule has 0 saturated carbocycles. The topological polar surface area (TPSA) is 107 Å². The second kappa shape index (κ2) is 11.3. The molecule has 1 rings (SSSR count). The minimum atomic E-state index is -0.619. The van der Waals surface area contributed by atoms with Crippen LogP contribution in [-0.2, 0) is 25.5 Å². The first kappa shape index (κ1) is 19.8. The number of unbranched alkanes of at least 4 members (excludes halogenated alkanes) is 3. The first-order chi connectivity index (χ1) is 11.5. The summed E-state index contributed by atoms with van der Waals surface area (Å²) in [6.07, 6.45) is 5.37. The Morgan fingerprint density at radius 1 is 1.29 bits per heavy atom. The molecule has 0 aliphatic heterocycles. The highest BCUT2D eigenvalue weighted by Crippen LogP contribution is 2.10. The fourth-order valence-electron chi connectivity index (χ4n) is 2.06. The largest absolute Gasteiger partial charge is 0.462 e. The maximum atomic E-state index is 11.8. The van der Waals surface area contributed by atoms with Crippen LogP contribution in [0.1, 0.15) is 58.2 Å². The van der Waals surface area contributed by atoms with Gasteiger partial charge in [-0.05, 0) is 19.8 Å². The number of ether oxygens (including phenoxy) is 2. The number of aromatic amines is 1. The SMILES string of the molecule is C=C(CC(=O)OC(C)CCCCCC)C(=O)OCCc1nn[nH]n1. The van der Waals surface area contributed by atoms with Crippen LogP contribution in [0.3, 0.4) is 0 Å². The standard InChI is InChI=1S/C16H26N4O4/c1-4-5-6-7-8-13(3)24-15(21)11-12(2)16(22)23-10-9-14-17-19-20-18-14/h13H,2,4-11H2,1,3H3,(H,17,18,19,20). The lowest BCUT2D eigenvalue weighted by atomic mass is 10.1. The Balaban J connectivity index is 2.17. The Bertz CT molecular complexity index is 516. The fraction of sp³-hybridized carbons (Fsp3) is 0.688. The first-order valence-electron chi connectivity index (χ1n) is 8.29. The monoisotopic (exact) mass is 338 g/mol. The van der Waals surface area contributed by atoms with E-state index in [4.69, 9.17) is 9.47 Å². The number of tetrazole rings is 1. The van der Waals surface area contributed by atoms with Crippen LogP contribution in [0.5, 0.6) is 0 Å². The molecule has 0 aliphatic carbocycles. The predicted octanol–water partition coefficient (Wildman–Crippen LogP) is 2.13. The molecule has 1 atom stereocenters. The van der Waals surface area contributed by atoms with Gasteiger partial charge >= 0.3 is 11.9 Å². The molecule has 0 fully saturated rings. The van der Waals surface area contributed by atoms with Gasteiger partial charge < -0.3 is 9.47 Å². The summed E-state index contributed by atoms with van der Waals surface area (Å²) in [4.78, 5) is 23.5. The van der Waals surface area contributed by atoms with Gasteiger partial charge in [0.1, 0.15) is 0 Å². The second-order valence-corrected chi connectivity index (χ2v) is 5.64. The normalized spacial score (nSPS) is 11.8. The van der Waals surface area contributed by atoms with Crippen molar-refractivity contribution in [2.45, 2.75) is 64.9 Å². The first-order valence-corrected chi connectivity index (χ1v) is 8.29. The Hall–Kier alpha value is -2.25. The number of carbonyl (C=O) groups excluding carboxylic acids is 2. The summed E-state index contributed by atoms with van der Waals surface area (Å²) in [5, 5.41) is 13.2. The minimum Gasteiger partial charge on any atom is -0.462 e. The van der Waals surface area contributed by atoms with E-state index in [-0.39, 0.29) is 24.7 Å². The highest BCUT2D eigenvalue weighted by Gasteiger charge is 2.16. The number of nitrogens with one attached hydrogen (secondary N) is 1. The molecule has 1 aromatic rings. The van der Waals surface area contributed by atoms with Crippen LogP contribution in [0.15, 0.2) is 12.2 Å². The Morgan fingerprint density at radius 3 is 2.75 bits per heavy atom. The van der Waals surface area contributed by atoms with Crippen LogP contribution < -0.4 is 0 Å². The van der Waals surface area contributed by atoms with Gasteiger partial charge in [0.05, 0.1) is 19.1 Å². The van der Waals surface area contributed by atoms with Gasteiger partial charge in [-0.15, -0.1) is 10.2 Å². The van der Waals surface area contributed by atoms with E-state index in [1.807, 2.05) is 6.92 Å². The van der Waals surface area contributed by atoms with Crippen LogP contribution in [0.4, 0.5) is 0 Å². The quantitative estimate of drug-likeness (QED) is 0.353. The molecule has 0 aromatic carbocycles. The van der Waals surface area contributed by atoms with Gasteiger partial charge in [0.2, 0.25) is 0 Å². The predicted molar refractivity (Wildman–Crippen MR) is 86.9 cm³/mol. The lowest BCUT2D eigenvalue weighted by Crippen LogP contribution is -2.18. The van der Waals surface area contributed by atoms with E-state index in [0.717, 1.165) is 19.3 Å². The third-order valence-electron chi connectivity index (χ3n) is 3.39. The molecule has 0 saturated heterocycles. The summed E-state index contributed by atoms with van der Waals surface area (Å²) in [6.45, 7) is 7.68. The zero-order valence-electron chi connectivity index (χ0n) is 14.4. The number of aromatic nitrogens is 4. The van der Waals surface area contributed by atoms with Crippen LogP contribution in [0, 0.1) is 0 Å². The average Bonchev–Trinajstić information content (AvgIpc) is 3.04. The molecule has 0 spiro atoms. The lowest BCUT2D eigenvalue weighted by Gasteiger charge is -2.13. The Kier molecular flexibility index (Phi) is 9.33. The molecule has 8 heteroatoms. The van der Waals surface area contributed by atoms with E-state index in [1.54, 1.807) is 0 Å². The molecule has 0 radical (unpaired) electrons. The van der Waals surface area contributed by atoms with Crippen molar-refractivity contribution in [3.63, 3.8) is 0 Å². The Labute approximate surface area is 142 Å². The molecule has 0 amide bonds. The Morgan fingerprint density at radius 2 is 2.08 bits per heavy atom. The number of carbonyl (C=O) groups is 2. The highest BCUT2D eigenvalue weighted by atomic mass is 16.5. The zero-order chi connectivity index (χ0) is 17.8. The number of esters is 2. The van der Waals surface area contributed by atoms with Crippen LogP contribution in [-0.4, -0.2) is 45.3 Å². The van der Waals surface area contributed by atoms with Gasteiger partial charge in [-0.1, -0.05) is 38.0 Å². The molecule has 134 valence electrons. The van der Waals surface area contributed by atoms with Crippen LogP contribution in [0.2, 0.25) is 0 Å². The van der Waals surface area contributed by atoms with E-state index in [2.05, 4.69) is 34.1 Å². The summed E-state index contributed by atoms with van der Waals surface area (Å²) >= 11 is 0. The second-order valence-electron chi connectivity index (χ2n) is 5.64. The van der Waals surface area contributed by atoms with Crippen molar-refractivity contribution in [2.75, 3.05) is 6.61 Å². The molecular formula is C16H26N4O4. The van der Waals surface area contributed by atoms with Crippen LogP contribution in [0.25, 0.3) is 0 Å². The van der Waals surface area contributed by atoms with Gasteiger partial charge in [0.25, 0.3) is 0 Å². The molecule has 1 N–H and O–H groups in total. The van der Waals surface area contributed by atoms with Gasteiger partial charge in [-0.2, -0.15) is 5.21 Å². The fourth-order valence-corrected chi connectivity index (χ4v) is 2.06. The summed E-state index contributed by atoms with van der Waals surface area (Å²) in [5.74, 6) is -0.631. The molecule has 0 bridgehead atoms. The number of rotatable bonds is 12. The number of hydrogen-bond donors (Lipinski definition) is 1. The molecule has 1 aromatic heterocycles. The van der Waals surface area contributed by atoms with Gasteiger partial charge in [0, 0.05) is 12.0 Å². The summed E-state index contributed by atoms with van der Waals surface area (Å²) < 4.78 is 10.3. The van der Waals surface area contributed by atoms with Gasteiger partial charge in [0.15, 0.2) is 5.82 Å². The number of nitrogens with zero attached hydrogens (tertiary/aromatic N) is 3. The van der Waals surface area contributed by atoms with Gasteiger partial charge in [-0.25, -0.2) is 4.79 Å². The molecule has 0 aliphatic rings. The van der Waals surface area contributed by atoms with E-state index < -0.39 is 11.9 Å². The number of H-pyrrole nitrogens is 1. The number of hydrogen-bond acceptors (Lipinski definition) is 7. The average molecular weight is 338 g/mol. The van der Waals surface area contributed by atoms with E-state index in [1.165, 1.54) is 12.8 Å². The van der Waals surface area contributed by atoms with Crippen molar-refractivity contribution in [1.82, 2.24) is 20.6 Å².